The number of thiol groups is 2. The van der Waals surface area contributed by atoms with E-state index < -0.39 is 29.5 Å². The minimum Gasteiger partial charge on any atom is -0.395 e. The van der Waals surface area contributed by atoms with Gasteiger partial charge in [-0.15, -0.1) is 25.3 Å². The molecule has 0 atom stereocenters. The summed E-state index contributed by atoms with van der Waals surface area (Å²) in [4.78, 5) is 0. The second kappa shape index (κ2) is 3.97. The van der Waals surface area contributed by atoms with Gasteiger partial charge in [-0.3, -0.25) is 0 Å². The number of aliphatic hydroxyl groups is 4. The van der Waals surface area contributed by atoms with Crippen molar-refractivity contribution >= 4 is 25.3 Å². The Morgan fingerprint density at radius 3 is 1.18 bits per heavy atom. The van der Waals surface area contributed by atoms with Crippen molar-refractivity contribution in [2.75, 3.05) is 19.8 Å². The molecule has 0 aliphatic heterocycles. The molecule has 0 aromatic heterocycles. The molecule has 4 N–H and O–H groups in total. The molecular weight excluding hydrogens is 188 g/mol. The Hall–Kier alpha value is 0.540. The van der Waals surface area contributed by atoms with Gasteiger partial charge in [-0.2, -0.15) is 0 Å². The molecule has 0 aromatic rings. The molecule has 0 radical (unpaired) electrons. The van der Waals surface area contributed by atoms with Crippen LogP contribution in [-0.4, -0.2) is 44.5 Å². The third kappa shape index (κ3) is 2.24. The van der Waals surface area contributed by atoms with Crippen LogP contribution in [0, 0.1) is 5.41 Å². The van der Waals surface area contributed by atoms with Crippen molar-refractivity contribution in [2.24, 2.45) is 5.41 Å². The van der Waals surface area contributed by atoms with Crippen molar-refractivity contribution in [3.05, 3.63) is 0 Å². The third-order valence-corrected chi connectivity index (χ3v) is 2.57. The van der Waals surface area contributed by atoms with Crippen LogP contribution in [0.15, 0.2) is 0 Å². The average molecular weight is 200 g/mol. The molecule has 0 saturated heterocycles. The van der Waals surface area contributed by atoms with Crippen LogP contribution in [0.5, 0.6) is 0 Å². The maximum atomic E-state index is 9.18. The van der Waals surface area contributed by atoms with E-state index >= 15 is 0 Å². The van der Waals surface area contributed by atoms with Crippen molar-refractivity contribution in [3.8, 4) is 0 Å². The van der Waals surface area contributed by atoms with Gasteiger partial charge in [-0.1, -0.05) is 0 Å². The van der Waals surface area contributed by atoms with Crippen LogP contribution in [0.1, 0.15) is 0 Å². The van der Waals surface area contributed by atoms with Crippen LogP contribution in [-0.2, 0) is 0 Å². The number of aliphatic hydroxyl groups excluding tert-OH is 3. The average Bonchev–Trinajstić information content (AvgIpc) is 1.90. The molecule has 0 aliphatic carbocycles. The van der Waals surface area contributed by atoms with Gasteiger partial charge in [0.05, 0.1) is 25.2 Å². The minimum absolute atomic E-state index is 0.594. The Labute approximate surface area is 75.7 Å². The summed E-state index contributed by atoms with van der Waals surface area (Å²) < 4.78 is -1.90. The molecule has 0 rings (SSSR count). The second-order valence-electron chi connectivity index (χ2n) is 2.39. The van der Waals surface area contributed by atoms with Crippen molar-refractivity contribution in [2.45, 2.75) is 4.27 Å². The molecule has 0 heterocycles. The molecule has 11 heavy (non-hydrogen) atoms. The molecule has 6 heteroatoms. The van der Waals surface area contributed by atoms with E-state index in [2.05, 4.69) is 25.3 Å². The Morgan fingerprint density at radius 2 is 1.18 bits per heavy atom. The van der Waals surface area contributed by atoms with E-state index in [-0.39, 0.29) is 0 Å². The number of hydrogen-bond donors (Lipinski definition) is 6. The first-order chi connectivity index (χ1) is 4.93. The van der Waals surface area contributed by atoms with E-state index in [0.29, 0.717) is 0 Å². The van der Waals surface area contributed by atoms with Crippen LogP contribution >= 0.6 is 25.3 Å². The van der Waals surface area contributed by atoms with E-state index in [9.17, 15) is 5.11 Å². The quantitative estimate of drug-likeness (QED) is 0.245. The lowest BCUT2D eigenvalue weighted by atomic mass is 9.92. The van der Waals surface area contributed by atoms with Gasteiger partial charge < -0.3 is 20.4 Å². The number of hydrogen-bond acceptors (Lipinski definition) is 6. The van der Waals surface area contributed by atoms with Crippen molar-refractivity contribution < 1.29 is 20.4 Å². The molecule has 0 spiro atoms. The van der Waals surface area contributed by atoms with Crippen LogP contribution in [0.25, 0.3) is 0 Å². The molecule has 0 aliphatic rings. The van der Waals surface area contributed by atoms with Crippen LogP contribution in [0.4, 0.5) is 0 Å². The summed E-state index contributed by atoms with van der Waals surface area (Å²) in [6, 6.07) is 0. The monoisotopic (exact) mass is 200 g/mol. The van der Waals surface area contributed by atoms with Crippen molar-refractivity contribution in [3.63, 3.8) is 0 Å². The zero-order chi connectivity index (χ0) is 9.12. The molecular formula is C5H12O4S2. The fraction of sp³-hybridized carbons (Fsp3) is 1.00. The van der Waals surface area contributed by atoms with Gasteiger partial charge in [0.1, 0.15) is 0 Å². The highest BCUT2D eigenvalue weighted by atomic mass is 32.2. The topological polar surface area (TPSA) is 80.9 Å². The maximum absolute atomic E-state index is 9.18. The first-order valence-electron chi connectivity index (χ1n) is 2.93. The highest BCUT2D eigenvalue weighted by Crippen LogP contribution is 2.36. The Morgan fingerprint density at radius 1 is 0.909 bits per heavy atom. The molecule has 68 valence electrons. The predicted molar refractivity (Wildman–Crippen MR) is 46.6 cm³/mol. The Kier molecular flexibility index (Phi) is 4.17. The summed E-state index contributed by atoms with van der Waals surface area (Å²) in [5, 5.41) is 35.4. The van der Waals surface area contributed by atoms with Gasteiger partial charge in [-0.25, -0.2) is 0 Å². The molecule has 0 fully saturated rings. The van der Waals surface area contributed by atoms with Crippen molar-refractivity contribution in [1.82, 2.24) is 0 Å². The maximum Gasteiger partial charge on any atom is 0.164 e. The van der Waals surface area contributed by atoms with Crippen LogP contribution in [0.3, 0.4) is 0 Å². The normalized spacial score (nSPS) is 13.6. The third-order valence-electron chi connectivity index (χ3n) is 1.62. The van der Waals surface area contributed by atoms with Crippen molar-refractivity contribution in [1.29, 1.82) is 0 Å². The number of rotatable bonds is 4. The zero-order valence-electron chi connectivity index (χ0n) is 5.80. The summed E-state index contributed by atoms with van der Waals surface area (Å²) in [6.07, 6.45) is 0. The highest BCUT2D eigenvalue weighted by molar-refractivity contribution is 8.00. The van der Waals surface area contributed by atoms with Gasteiger partial charge in [0.2, 0.25) is 0 Å². The molecule has 4 nitrogen and oxygen atoms in total. The fourth-order valence-corrected chi connectivity index (χ4v) is 0.892. The lowest BCUT2D eigenvalue weighted by Gasteiger charge is -2.36. The van der Waals surface area contributed by atoms with Crippen LogP contribution < -0.4 is 0 Å². The SMILES string of the molecule is OCC(CO)(CO)C(O)(S)S. The standard InChI is InChI=1S/C5H12O4S2/c6-1-4(2-7,3-8)5(9,10)11/h6-11H,1-3H2. The summed E-state index contributed by atoms with van der Waals surface area (Å²) in [5.41, 5.74) is -1.49. The van der Waals surface area contributed by atoms with Crippen LogP contribution in [0.2, 0.25) is 0 Å². The fourth-order valence-electron chi connectivity index (χ4n) is 0.468. The molecule has 0 aromatic carbocycles. The van der Waals surface area contributed by atoms with E-state index in [1.807, 2.05) is 0 Å². The molecule has 0 amide bonds. The molecule has 0 saturated carbocycles. The van der Waals surface area contributed by atoms with Gasteiger partial charge >= 0.3 is 0 Å². The van der Waals surface area contributed by atoms with E-state index in [1.165, 1.54) is 0 Å². The minimum atomic E-state index is -1.90. The lowest BCUT2D eigenvalue weighted by Crippen LogP contribution is -2.48. The molecule has 0 bridgehead atoms. The Balaban J connectivity index is 4.54. The van der Waals surface area contributed by atoms with Gasteiger partial charge in [0.25, 0.3) is 0 Å². The van der Waals surface area contributed by atoms with Gasteiger partial charge in [0.15, 0.2) is 4.27 Å². The van der Waals surface area contributed by atoms with E-state index in [4.69, 9.17) is 15.3 Å². The summed E-state index contributed by atoms with van der Waals surface area (Å²) in [6.45, 7) is -1.78. The summed E-state index contributed by atoms with van der Waals surface area (Å²) in [7, 11) is 0. The van der Waals surface area contributed by atoms with E-state index in [0.717, 1.165) is 0 Å². The highest BCUT2D eigenvalue weighted by Gasteiger charge is 2.44. The lowest BCUT2D eigenvalue weighted by molar-refractivity contribution is -0.0600. The molecule has 0 unspecified atom stereocenters. The van der Waals surface area contributed by atoms with E-state index in [1.54, 1.807) is 0 Å². The first-order valence-corrected chi connectivity index (χ1v) is 3.82. The van der Waals surface area contributed by atoms with Gasteiger partial charge in [0, 0.05) is 0 Å². The summed E-state index contributed by atoms with van der Waals surface area (Å²) >= 11 is 7.23. The second-order valence-corrected chi connectivity index (χ2v) is 4.04. The predicted octanol–water partition coefficient (Wildman–Crippen LogP) is -1.54. The summed E-state index contributed by atoms with van der Waals surface area (Å²) in [5.74, 6) is 0. The smallest absolute Gasteiger partial charge is 0.164 e. The van der Waals surface area contributed by atoms with Gasteiger partial charge in [-0.05, 0) is 0 Å². The Bertz CT molecular complexity index is 110. The zero-order valence-corrected chi connectivity index (χ0v) is 7.59. The largest absolute Gasteiger partial charge is 0.395 e. The first kappa shape index (κ1) is 11.5.